The minimum atomic E-state index is -0.179. The van der Waals surface area contributed by atoms with E-state index in [4.69, 9.17) is 0 Å². The van der Waals surface area contributed by atoms with Gasteiger partial charge < -0.3 is 5.32 Å². The Morgan fingerprint density at radius 2 is 2.33 bits per heavy atom. The SMILES string of the molecule is Fc1ccc(CCC2CCNC2)cc1Br. The first-order valence-electron chi connectivity index (χ1n) is 5.40. The topological polar surface area (TPSA) is 12.0 Å². The maximum absolute atomic E-state index is 13.0. The van der Waals surface area contributed by atoms with E-state index >= 15 is 0 Å². The Bertz CT molecular complexity index is 334. The van der Waals surface area contributed by atoms with Crippen LogP contribution in [0.25, 0.3) is 0 Å². The molecule has 0 aliphatic carbocycles. The summed E-state index contributed by atoms with van der Waals surface area (Å²) in [6, 6.07) is 5.30. The molecule has 1 heterocycles. The molecule has 15 heavy (non-hydrogen) atoms. The fourth-order valence-corrected chi connectivity index (χ4v) is 2.45. The largest absolute Gasteiger partial charge is 0.316 e. The van der Waals surface area contributed by atoms with E-state index in [0.29, 0.717) is 4.47 Å². The lowest BCUT2D eigenvalue weighted by atomic mass is 9.99. The van der Waals surface area contributed by atoms with Crippen molar-refractivity contribution in [1.82, 2.24) is 5.32 Å². The van der Waals surface area contributed by atoms with Gasteiger partial charge in [0.15, 0.2) is 0 Å². The molecule has 0 spiro atoms. The molecule has 2 rings (SSSR count). The summed E-state index contributed by atoms with van der Waals surface area (Å²) in [5.74, 6) is 0.620. The number of aryl methyl sites for hydroxylation is 1. The number of rotatable bonds is 3. The van der Waals surface area contributed by atoms with Crippen LogP contribution in [0, 0.1) is 11.7 Å². The highest BCUT2D eigenvalue weighted by Gasteiger charge is 2.14. The molecular weight excluding hydrogens is 257 g/mol. The number of benzene rings is 1. The third kappa shape index (κ3) is 3.02. The fourth-order valence-electron chi connectivity index (χ4n) is 2.03. The second-order valence-corrected chi connectivity index (χ2v) is 5.00. The van der Waals surface area contributed by atoms with Crippen molar-refractivity contribution in [1.29, 1.82) is 0 Å². The van der Waals surface area contributed by atoms with Crippen LogP contribution < -0.4 is 5.32 Å². The summed E-state index contributed by atoms with van der Waals surface area (Å²) in [4.78, 5) is 0. The molecule has 82 valence electrons. The summed E-state index contributed by atoms with van der Waals surface area (Å²) < 4.78 is 13.6. The Labute approximate surface area is 98.2 Å². The van der Waals surface area contributed by atoms with Crippen molar-refractivity contribution < 1.29 is 4.39 Å². The van der Waals surface area contributed by atoms with E-state index in [0.717, 1.165) is 25.4 Å². The zero-order chi connectivity index (χ0) is 10.7. The van der Waals surface area contributed by atoms with Crippen molar-refractivity contribution >= 4 is 15.9 Å². The molecule has 1 saturated heterocycles. The summed E-state index contributed by atoms with van der Waals surface area (Å²) in [6.45, 7) is 2.29. The van der Waals surface area contributed by atoms with Crippen molar-refractivity contribution in [3.05, 3.63) is 34.1 Å². The zero-order valence-electron chi connectivity index (χ0n) is 8.60. The maximum Gasteiger partial charge on any atom is 0.137 e. The second-order valence-electron chi connectivity index (χ2n) is 4.15. The number of hydrogen-bond acceptors (Lipinski definition) is 1. The van der Waals surface area contributed by atoms with Gasteiger partial charge in [-0.2, -0.15) is 0 Å². The van der Waals surface area contributed by atoms with Gasteiger partial charge in [0.25, 0.3) is 0 Å². The predicted octanol–water partition coefficient (Wildman–Crippen LogP) is 3.13. The van der Waals surface area contributed by atoms with Crippen molar-refractivity contribution in [2.45, 2.75) is 19.3 Å². The van der Waals surface area contributed by atoms with Crippen LogP contribution >= 0.6 is 15.9 Å². The van der Waals surface area contributed by atoms with Gasteiger partial charge in [-0.3, -0.25) is 0 Å². The van der Waals surface area contributed by atoms with Crippen molar-refractivity contribution in [3.63, 3.8) is 0 Å². The van der Waals surface area contributed by atoms with Crippen molar-refractivity contribution in [3.8, 4) is 0 Å². The molecule has 1 N–H and O–H groups in total. The van der Waals surface area contributed by atoms with Gasteiger partial charge in [0.05, 0.1) is 4.47 Å². The third-order valence-electron chi connectivity index (χ3n) is 2.99. The second kappa shape index (κ2) is 5.08. The first-order valence-corrected chi connectivity index (χ1v) is 6.19. The minimum Gasteiger partial charge on any atom is -0.316 e. The normalized spacial score (nSPS) is 20.8. The molecule has 1 nitrogen and oxygen atoms in total. The summed E-state index contributed by atoms with van der Waals surface area (Å²) >= 11 is 3.21. The molecule has 0 saturated carbocycles. The molecule has 0 amide bonds. The van der Waals surface area contributed by atoms with E-state index in [9.17, 15) is 4.39 Å². The fraction of sp³-hybridized carbons (Fsp3) is 0.500. The third-order valence-corrected chi connectivity index (χ3v) is 3.60. The van der Waals surface area contributed by atoms with Gasteiger partial charge >= 0.3 is 0 Å². The highest BCUT2D eigenvalue weighted by Crippen LogP contribution is 2.20. The van der Waals surface area contributed by atoms with Crippen LogP contribution in [0.2, 0.25) is 0 Å². The lowest BCUT2D eigenvalue weighted by Crippen LogP contribution is -2.09. The van der Waals surface area contributed by atoms with Crippen LogP contribution in [0.3, 0.4) is 0 Å². The summed E-state index contributed by atoms with van der Waals surface area (Å²) in [6.07, 6.45) is 3.53. The molecule has 1 aliphatic rings. The molecular formula is C12H15BrFN. The van der Waals surface area contributed by atoms with E-state index in [2.05, 4.69) is 21.2 Å². The number of nitrogens with one attached hydrogen (secondary N) is 1. The average molecular weight is 272 g/mol. The Kier molecular flexibility index (Phi) is 3.76. The smallest absolute Gasteiger partial charge is 0.137 e. The van der Waals surface area contributed by atoms with Gasteiger partial charge in [-0.05, 0) is 71.9 Å². The van der Waals surface area contributed by atoms with Gasteiger partial charge in [0, 0.05) is 0 Å². The molecule has 1 fully saturated rings. The van der Waals surface area contributed by atoms with E-state index in [1.54, 1.807) is 0 Å². The Morgan fingerprint density at radius 3 is 3.00 bits per heavy atom. The van der Waals surface area contributed by atoms with Crippen molar-refractivity contribution in [2.24, 2.45) is 5.92 Å². The van der Waals surface area contributed by atoms with Gasteiger partial charge in [-0.25, -0.2) is 4.39 Å². The Morgan fingerprint density at radius 1 is 1.47 bits per heavy atom. The Hall–Kier alpha value is -0.410. The highest BCUT2D eigenvalue weighted by molar-refractivity contribution is 9.10. The molecule has 1 aromatic carbocycles. The maximum atomic E-state index is 13.0. The predicted molar refractivity (Wildman–Crippen MR) is 63.4 cm³/mol. The summed E-state index contributed by atoms with van der Waals surface area (Å²) in [5.41, 5.74) is 1.22. The number of hydrogen-bond donors (Lipinski definition) is 1. The minimum absolute atomic E-state index is 0.179. The van der Waals surface area contributed by atoms with Gasteiger partial charge in [-0.15, -0.1) is 0 Å². The van der Waals surface area contributed by atoms with Crippen LogP contribution in [0.15, 0.2) is 22.7 Å². The highest BCUT2D eigenvalue weighted by atomic mass is 79.9. The molecule has 3 heteroatoms. The zero-order valence-corrected chi connectivity index (χ0v) is 10.2. The van der Waals surface area contributed by atoms with E-state index in [-0.39, 0.29) is 5.82 Å². The van der Waals surface area contributed by atoms with E-state index in [1.165, 1.54) is 24.5 Å². The molecule has 0 aromatic heterocycles. The molecule has 1 unspecified atom stereocenters. The molecule has 1 atom stereocenters. The molecule has 1 aromatic rings. The first-order chi connectivity index (χ1) is 7.25. The lowest BCUT2D eigenvalue weighted by Gasteiger charge is -2.08. The quantitative estimate of drug-likeness (QED) is 0.891. The lowest BCUT2D eigenvalue weighted by molar-refractivity contribution is 0.532. The van der Waals surface area contributed by atoms with Crippen LogP contribution in [0.5, 0.6) is 0 Å². The van der Waals surface area contributed by atoms with Crippen LogP contribution in [0.1, 0.15) is 18.4 Å². The average Bonchev–Trinajstić information content (AvgIpc) is 2.73. The standard InChI is InChI=1S/C12H15BrFN/c13-11-7-9(3-4-12(11)14)1-2-10-5-6-15-8-10/h3-4,7,10,15H,1-2,5-6,8H2. The number of halogens is 2. The molecule has 0 bridgehead atoms. The van der Waals surface area contributed by atoms with E-state index in [1.807, 2.05) is 12.1 Å². The van der Waals surface area contributed by atoms with Crippen LogP contribution in [-0.4, -0.2) is 13.1 Å². The van der Waals surface area contributed by atoms with Gasteiger partial charge in [0.2, 0.25) is 0 Å². The Balaban J connectivity index is 1.90. The van der Waals surface area contributed by atoms with Crippen LogP contribution in [-0.2, 0) is 6.42 Å². The first kappa shape index (κ1) is 11.1. The molecule has 1 aliphatic heterocycles. The van der Waals surface area contributed by atoms with Crippen LogP contribution in [0.4, 0.5) is 4.39 Å². The van der Waals surface area contributed by atoms with E-state index < -0.39 is 0 Å². The van der Waals surface area contributed by atoms with Crippen molar-refractivity contribution in [2.75, 3.05) is 13.1 Å². The van der Waals surface area contributed by atoms with Gasteiger partial charge in [0.1, 0.15) is 5.82 Å². The summed E-state index contributed by atoms with van der Waals surface area (Å²) in [5, 5.41) is 3.36. The van der Waals surface area contributed by atoms with Gasteiger partial charge in [-0.1, -0.05) is 6.07 Å². The summed E-state index contributed by atoms with van der Waals surface area (Å²) in [7, 11) is 0. The monoisotopic (exact) mass is 271 g/mol. The molecule has 0 radical (unpaired) electrons.